The fourth-order valence-electron chi connectivity index (χ4n) is 11.6. The molecule has 5 fully saturated rings. The molecule has 5 aliphatic rings. The molecule has 4 saturated carbocycles. The summed E-state index contributed by atoms with van der Waals surface area (Å²) in [6, 6.07) is -1.50. The van der Waals surface area contributed by atoms with E-state index in [2.05, 4.69) is 31.4 Å². The average Bonchev–Trinajstić information content (AvgIpc) is 3.59. The van der Waals surface area contributed by atoms with Gasteiger partial charge in [-0.2, -0.15) is 0 Å². The third-order valence-corrected chi connectivity index (χ3v) is 14.0. The van der Waals surface area contributed by atoms with E-state index in [1.807, 2.05) is 0 Å². The first-order valence-electron chi connectivity index (χ1n) is 18.3. The Balaban J connectivity index is 1.14. The summed E-state index contributed by atoms with van der Waals surface area (Å²) >= 11 is 0. The molecule has 6 N–H and O–H groups in total. The predicted octanol–water partition coefficient (Wildman–Crippen LogP) is 4.74. The van der Waals surface area contributed by atoms with Crippen LogP contribution in [0.25, 0.3) is 0 Å². The molecule has 5 rings (SSSR count). The van der Waals surface area contributed by atoms with E-state index in [9.17, 15) is 14.4 Å². The van der Waals surface area contributed by atoms with E-state index in [-0.39, 0.29) is 23.8 Å². The van der Waals surface area contributed by atoms with Gasteiger partial charge in [-0.15, -0.1) is 0 Å². The van der Waals surface area contributed by atoms with E-state index < -0.39 is 12.1 Å². The fourth-order valence-corrected chi connectivity index (χ4v) is 11.6. The summed E-state index contributed by atoms with van der Waals surface area (Å²) in [5, 5.41) is 5.86. The summed E-state index contributed by atoms with van der Waals surface area (Å²) in [5.74, 6) is 4.47. The number of hydrogen-bond acceptors (Lipinski definition) is 5. The molecule has 1 saturated heterocycles. The number of carbonyl (C=O) groups is 3. The second-order valence-corrected chi connectivity index (χ2v) is 16.2. The van der Waals surface area contributed by atoms with Crippen molar-refractivity contribution in [3.05, 3.63) is 0 Å². The standard InChI is InChI=1S/C36H63N5O3/c1-23(27-14-15-28-26-13-12-24-9-5-7-18-35(24,2)29(26)17-19-36(27,28)3)11-16-32(42)40-25-21-31(33(43)39-4)41(22-25)34(44)30(38)10-6-8-20-37/h23-31H,5-22,37-38H2,1-4H3,(H,39,43)(H,40,42)/t23-,24?,25+,26?,27-,28?,29?,30?,31+,35+,36-/m1/s1. The topological polar surface area (TPSA) is 131 Å². The molecule has 0 aromatic heterocycles. The van der Waals surface area contributed by atoms with Gasteiger partial charge in [0.1, 0.15) is 6.04 Å². The molecule has 0 bridgehead atoms. The minimum atomic E-state index is -0.656. The fraction of sp³-hybridized carbons (Fsp3) is 0.917. The van der Waals surface area contributed by atoms with E-state index in [1.165, 1.54) is 64.2 Å². The maximum atomic E-state index is 13.2. The second kappa shape index (κ2) is 14.0. The first-order valence-corrected chi connectivity index (χ1v) is 18.3. The van der Waals surface area contributed by atoms with E-state index >= 15 is 0 Å². The Labute approximate surface area is 267 Å². The Morgan fingerprint density at radius 1 is 0.932 bits per heavy atom. The Kier molecular flexibility index (Phi) is 10.7. The van der Waals surface area contributed by atoms with Gasteiger partial charge >= 0.3 is 0 Å². The molecule has 1 heterocycles. The highest BCUT2D eigenvalue weighted by Crippen LogP contribution is 2.68. The zero-order valence-corrected chi connectivity index (χ0v) is 28.3. The molecular weight excluding hydrogens is 550 g/mol. The van der Waals surface area contributed by atoms with Crippen molar-refractivity contribution in [2.75, 3.05) is 20.1 Å². The predicted molar refractivity (Wildman–Crippen MR) is 175 cm³/mol. The van der Waals surface area contributed by atoms with Gasteiger partial charge in [0, 0.05) is 26.1 Å². The minimum Gasteiger partial charge on any atom is -0.357 e. The molecule has 8 heteroatoms. The van der Waals surface area contributed by atoms with Crippen LogP contribution in [-0.2, 0) is 14.4 Å². The van der Waals surface area contributed by atoms with E-state index in [0.29, 0.717) is 55.0 Å². The van der Waals surface area contributed by atoms with Crippen LogP contribution < -0.4 is 22.1 Å². The number of hydrogen-bond donors (Lipinski definition) is 4. The lowest BCUT2D eigenvalue weighted by atomic mass is 9.44. The molecule has 0 aromatic rings. The second-order valence-electron chi connectivity index (χ2n) is 16.2. The number of nitrogens with one attached hydrogen (secondary N) is 2. The lowest BCUT2D eigenvalue weighted by Crippen LogP contribution is -2.53. The van der Waals surface area contributed by atoms with Gasteiger partial charge in [0.2, 0.25) is 17.7 Å². The van der Waals surface area contributed by atoms with Crippen LogP contribution in [0.1, 0.15) is 124 Å². The average molecular weight is 614 g/mol. The summed E-state index contributed by atoms with van der Waals surface area (Å²) in [4.78, 5) is 40.6. The minimum absolute atomic E-state index is 0.0333. The number of likely N-dealkylation sites (N-methyl/N-ethyl adjacent to an activating group) is 1. The summed E-state index contributed by atoms with van der Waals surface area (Å²) in [5.41, 5.74) is 12.8. The molecule has 4 aliphatic carbocycles. The van der Waals surface area contributed by atoms with Crippen LogP contribution in [0.5, 0.6) is 0 Å². The number of amides is 3. The van der Waals surface area contributed by atoms with Crippen molar-refractivity contribution in [3.8, 4) is 0 Å². The molecule has 0 spiro atoms. The molecule has 1 aliphatic heterocycles. The quantitative estimate of drug-likeness (QED) is 0.250. The van der Waals surface area contributed by atoms with Gasteiger partial charge in [-0.25, -0.2) is 0 Å². The van der Waals surface area contributed by atoms with Gasteiger partial charge < -0.3 is 27.0 Å². The SMILES string of the molecule is CNC(=O)[C@@H]1C[C@H](NC(=O)CC[C@@H](C)[C@H]2CCC3C4CCC5CCCC[C@]5(C)C4CC[C@@]32C)CN1C(=O)C(N)CCCCN. The highest BCUT2D eigenvalue weighted by Gasteiger charge is 2.60. The molecule has 11 atom stereocenters. The number of unbranched alkanes of at least 4 members (excludes halogenated alkanes) is 1. The van der Waals surface area contributed by atoms with Crippen molar-refractivity contribution in [1.82, 2.24) is 15.5 Å². The first kappa shape index (κ1) is 33.7. The van der Waals surface area contributed by atoms with Crippen LogP contribution in [0.3, 0.4) is 0 Å². The van der Waals surface area contributed by atoms with E-state index in [1.54, 1.807) is 11.9 Å². The van der Waals surface area contributed by atoms with E-state index in [4.69, 9.17) is 11.5 Å². The molecule has 250 valence electrons. The van der Waals surface area contributed by atoms with Crippen LogP contribution in [0.15, 0.2) is 0 Å². The van der Waals surface area contributed by atoms with Gasteiger partial charge in [-0.05, 0) is 130 Å². The number of likely N-dealkylation sites (tertiary alicyclic amines) is 1. The van der Waals surface area contributed by atoms with Crippen molar-refractivity contribution < 1.29 is 14.4 Å². The smallest absolute Gasteiger partial charge is 0.242 e. The van der Waals surface area contributed by atoms with Crippen LogP contribution in [-0.4, -0.2) is 60.9 Å². The Morgan fingerprint density at radius 3 is 2.45 bits per heavy atom. The van der Waals surface area contributed by atoms with Crippen molar-refractivity contribution in [1.29, 1.82) is 0 Å². The highest BCUT2D eigenvalue weighted by atomic mass is 16.2. The third kappa shape index (κ3) is 6.45. The zero-order valence-electron chi connectivity index (χ0n) is 28.3. The largest absolute Gasteiger partial charge is 0.357 e. The van der Waals surface area contributed by atoms with E-state index in [0.717, 1.165) is 42.9 Å². The third-order valence-electron chi connectivity index (χ3n) is 14.0. The van der Waals surface area contributed by atoms with Gasteiger partial charge in [-0.1, -0.05) is 40.0 Å². The number of rotatable bonds is 11. The van der Waals surface area contributed by atoms with Crippen LogP contribution >= 0.6 is 0 Å². The monoisotopic (exact) mass is 613 g/mol. The van der Waals surface area contributed by atoms with Crippen molar-refractivity contribution in [3.63, 3.8) is 0 Å². The van der Waals surface area contributed by atoms with Crippen LogP contribution in [0.4, 0.5) is 0 Å². The highest BCUT2D eigenvalue weighted by molar-refractivity contribution is 5.90. The van der Waals surface area contributed by atoms with Crippen molar-refractivity contribution in [2.45, 2.75) is 142 Å². The van der Waals surface area contributed by atoms with Gasteiger partial charge in [0.15, 0.2) is 0 Å². The molecule has 44 heavy (non-hydrogen) atoms. The lowest BCUT2D eigenvalue weighted by molar-refractivity contribution is -0.139. The Bertz CT molecular complexity index is 1040. The van der Waals surface area contributed by atoms with Gasteiger partial charge in [-0.3, -0.25) is 14.4 Å². The molecule has 5 unspecified atom stereocenters. The van der Waals surface area contributed by atoms with Crippen molar-refractivity contribution >= 4 is 17.7 Å². The molecule has 3 amide bonds. The van der Waals surface area contributed by atoms with Crippen LogP contribution in [0.2, 0.25) is 0 Å². The summed E-state index contributed by atoms with van der Waals surface area (Å²) in [7, 11) is 1.58. The summed E-state index contributed by atoms with van der Waals surface area (Å²) in [6.45, 7) is 8.56. The lowest BCUT2D eigenvalue weighted by Gasteiger charge is -2.61. The normalized spacial score (nSPS) is 39.5. The Hall–Kier alpha value is -1.67. The number of nitrogens with two attached hydrogens (primary N) is 2. The van der Waals surface area contributed by atoms with Gasteiger partial charge in [0.05, 0.1) is 6.04 Å². The maximum absolute atomic E-state index is 13.2. The maximum Gasteiger partial charge on any atom is 0.242 e. The summed E-state index contributed by atoms with van der Waals surface area (Å²) in [6.07, 6.45) is 18.1. The number of nitrogens with zero attached hydrogens (tertiary/aromatic N) is 1. The molecule has 8 nitrogen and oxygen atoms in total. The van der Waals surface area contributed by atoms with Gasteiger partial charge in [0.25, 0.3) is 0 Å². The molecule has 0 radical (unpaired) electrons. The first-order chi connectivity index (χ1) is 21.0. The number of fused-ring (bicyclic) bond motifs is 5. The number of carbonyl (C=O) groups excluding carboxylic acids is 3. The molecular formula is C36H63N5O3. The Morgan fingerprint density at radius 2 is 1.70 bits per heavy atom. The van der Waals surface area contributed by atoms with Crippen molar-refractivity contribution in [2.24, 2.45) is 57.8 Å². The van der Waals surface area contributed by atoms with Crippen LogP contribution in [0, 0.1) is 46.3 Å². The molecule has 0 aromatic carbocycles. The zero-order chi connectivity index (χ0) is 31.6. The summed E-state index contributed by atoms with van der Waals surface area (Å²) < 4.78 is 0.